The van der Waals surface area contributed by atoms with E-state index >= 15 is 0 Å². The maximum Gasteiger partial charge on any atom is 0.226 e. The van der Waals surface area contributed by atoms with Crippen molar-refractivity contribution in [2.24, 2.45) is 0 Å². The molecule has 0 N–H and O–H groups in total. The summed E-state index contributed by atoms with van der Waals surface area (Å²) in [5, 5.41) is 0.256. The number of halogens is 1. The molecule has 9 nitrogen and oxygen atoms in total. The molecule has 0 saturated carbocycles. The number of morpholine rings is 1. The van der Waals surface area contributed by atoms with E-state index in [1.165, 1.54) is 0 Å². The Morgan fingerprint density at radius 3 is 2.52 bits per heavy atom. The molecular weight excluding hydrogens is 418 g/mol. The average Bonchev–Trinajstić information content (AvgIpc) is 3.37. The molecule has 10 heteroatoms. The molecule has 31 heavy (non-hydrogen) atoms. The quantitative estimate of drug-likeness (QED) is 0.648. The summed E-state index contributed by atoms with van der Waals surface area (Å²) in [6.45, 7) is 9.45. The second-order valence-corrected chi connectivity index (χ2v) is 8.90. The number of carbonyl (C=O) groups is 1. The zero-order chi connectivity index (χ0) is 21.4. The topological polar surface area (TPSA) is 79.6 Å². The van der Waals surface area contributed by atoms with Gasteiger partial charge in [0.1, 0.15) is 5.82 Å². The Morgan fingerprint density at radius 2 is 1.84 bits per heavy atom. The molecule has 0 radical (unpaired) electrons. The number of likely N-dealkylation sites (tertiary alicyclic amines) is 2. The lowest BCUT2D eigenvalue weighted by Gasteiger charge is -2.36. The summed E-state index contributed by atoms with van der Waals surface area (Å²) in [4.78, 5) is 32.8. The van der Waals surface area contributed by atoms with Crippen LogP contribution in [0.5, 0.6) is 0 Å². The van der Waals surface area contributed by atoms with Crippen molar-refractivity contribution >= 4 is 34.5 Å². The number of carbonyl (C=O) groups excluding carboxylic acids is 1. The highest BCUT2D eigenvalue weighted by atomic mass is 35.5. The number of anilines is 1. The van der Waals surface area contributed by atoms with Crippen LogP contribution < -0.4 is 4.90 Å². The van der Waals surface area contributed by atoms with Crippen LogP contribution in [0.25, 0.3) is 11.2 Å². The minimum absolute atomic E-state index is 0.256. The number of ether oxygens (including phenoxy) is 1. The van der Waals surface area contributed by atoms with Gasteiger partial charge < -0.3 is 19.1 Å². The fraction of sp³-hybridized carbons (Fsp3) is 0.714. The van der Waals surface area contributed by atoms with E-state index < -0.39 is 0 Å². The molecule has 3 aliphatic rings. The maximum atomic E-state index is 12.1. The number of rotatable bonds is 5. The molecule has 0 atom stereocenters. The van der Waals surface area contributed by atoms with Crippen LogP contribution in [0.4, 0.5) is 5.82 Å². The third-order valence-electron chi connectivity index (χ3n) is 6.73. The molecule has 3 aliphatic heterocycles. The van der Waals surface area contributed by atoms with Crippen LogP contribution in [0.3, 0.4) is 0 Å². The maximum absolute atomic E-state index is 12.1. The number of aromatic nitrogens is 4. The highest BCUT2D eigenvalue weighted by Crippen LogP contribution is 2.28. The van der Waals surface area contributed by atoms with E-state index in [1.807, 2.05) is 0 Å². The number of aryl methyl sites for hydroxylation is 1. The second kappa shape index (κ2) is 8.88. The van der Waals surface area contributed by atoms with E-state index in [0.29, 0.717) is 25.2 Å². The SMILES string of the molecule is CCn1c(CN2CCC(N3CCCC3=O)CC2)nc2c(N3CCOCC3)nc(Cl)nc21. The van der Waals surface area contributed by atoms with Crippen molar-refractivity contribution in [1.29, 1.82) is 0 Å². The Labute approximate surface area is 187 Å². The van der Waals surface area contributed by atoms with Crippen LogP contribution in [0.1, 0.15) is 38.4 Å². The molecular formula is C21H30ClN7O2. The molecule has 2 aromatic heterocycles. The Kier molecular flexibility index (Phi) is 5.99. The van der Waals surface area contributed by atoms with Gasteiger partial charge in [-0.25, -0.2) is 4.98 Å². The Morgan fingerprint density at radius 1 is 1.06 bits per heavy atom. The first-order valence-corrected chi connectivity index (χ1v) is 11.8. The molecule has 3 fully saturated rings. The summed E-state index contributed by atoms with van der Waals surface area (Å²) in [5.41, 5.74) is 1.62. The van der Waals surface area contributed by atoms with Gasteiger partial charge in [0.15, 0.2) is 17.0 Å². The van der Waals surface area contributed by atoms with Crippen molar-refractivity contribution in [2.45, 2.75) is 51.7 Å². The highest BCUT2D eigenvalue weighted by molar-refractivity contribution is 6.28. The Hall–Kier alpha value is -1.97. The average molecular weight is 448 g/mol. The molecule has 3 saturated heterocycles. The largest absolute Gasteiger partial charge is 0.378 e. The monoisotopic (exact) mass is 447 g/mol. The minimum atomic E-state index is 0.256. The van der Waals surface area contributed by atoms with Gasteiger partial charge in [0, 0.05) is 51.7 Å². The normalized spacial score (nSPS) is 21.5. The number of imidazole rings is 1. The van der Waals surface area contributed by atoms with Gasteiger partial charge in [0.25, 0.3) is 0 Å². The first-order valence-electron chi connectivity index (χ1n) is 11.4. The van der Waals surface area contributed by atoms with Gasteiger partial charge in [-0.1, -0.05) is 0 Å². The van der Waals surface area contributed by atoms with Crippen molar-refractivity contribution in [3.8, 4) is 0 Å². The molecule has 0 bridgehead atoms. The lowest BCUT2D eigenvalue weighted by Crippen LogP contribution is -2.45. The third-order valence-corrected chi connectivity index (χ3v) is 6.90. The van der Waals surface area contributed by atoms with Crippen molar-refractivity contribution in [3.05, 3.63) is 11.1 Å². The lowest BCUT2D eigenvalue weighted by atomic mass is 10.0. The van der Waals surface area contributed by atoms with Crippen LogP contribution in [-0.4, -0.2) is 87.2 Å². The standard InChI is InChI=1S/C21H30ClN7O2/c1-2-28-16(14-26-8-5-15(6-9-26)29-7-3-4-17(29)30)23-18-19(24-21(22)25-20(18)28)27-10-12-31-13-11-27/h15H,2-14H2,1H3. The molecule has 0 aliphatic carbocycles. The lowest BCUT2D eigenvalue weighted by molar-refractivity contribution is -0.130. The first-order chi connectivity index (χ1) is 15.1. The molecule has 1 amide bonds. The molecule has 168 valence electrons. The van der Waals surface area contributed by atoms with E-state index in [-0.39, 0.29) is 5.28 Å². The number of fused-ring (bicyclic) bond motifs is 1. The third kappa shape index (κ3) is 4.10. The van der Waals surface area contributed by atoms with Gasteiger partial charge >= 0.3 is 0 Å². The fourth-order valence-corrected chi connectivity index (χ4v) is 5.26. The van der Waals surface area contributed by atoms with E-state index in [4.69, 9.17) is 21.3 Å². The van der Waals surface area contributed by atoms with Crippen molar-refractivity contribution in [1.82, 2.24) is 29.3 Å². The number of hydrogen-bond donors (Lipinski definition) is 0. The number of piperidine rings is 1. The number of amides is 1. The van der Waals surface area contributed by atoms with Crippen LogP contribution in [0, 0.1) is 0 Å². The highest BCUT2D eigenvalue weighted by Gasteiger charge is 2.31. The van der Waals surface area contributed by atoms with Gasteiger partial charge in [-0.3, -0.25) is 9.69 Å². The predicted octanol–water partition coefficient (Wildman–Crippen LogP) is 1.92. The summed E-state index contributed by atoms with van der Waals surface area (Å²) in [6, 6.07) is 0.397. The van der Waals surface area contributed by atoms with E-state index in [9.17, 15) is 4.79 Å². The molecule has 0 unspecified atom stereocenters. The first kappa shape index (κ1) is 20.9. The van der Waals surface area contributed by atoms with Crippen molar-refractivity contribution in [3.63, 3.8) is 0 Å². The molecule has 0 aromatic carbocycles. The van der Waals surface area contributed by atoms with Crippen LogP contribution in [-0.2, 0) is 22.6 Å². The fourth-order valence-electron chi connectivity index (χ4n) is 5.10. The van der Waals surface area contributed by atoms with Crippen LogP contribution >= 0.6 is 11.6 Å². The van der Waals surface area contributed by atoms with Gasteiger partial charge in [-0.2, -0.15) is 9.97 Å². The Bertz CT molecular complexity index is 951. The number of hydrogen-bond acceptors (Lipinski definition) is 7. The van der Waals surface area contributed by atoms with E-state index in [0.717, 1.165) is 94.3 Å². The Balaban J connectivity index is 1.36. The molecule has 2 aromatic rings. The smallest absolute Gasteiger partial charge is 0.226 e. The van der Waals surface area contributed by atoms with E-state index in [1.54, 1.807) is 0 Å². The van der Waals surface area contributed by atoms with Crippen molar-refractivity contribution in [2.75, 3.05) is 50.8 Å². The summed E-state index contributed by atoms with van der Waals surface area (Å²) in [6.07, 6.45) is 3.79. The molecule has 5 rings (SSSR count). The molecule has 5 heterocycles. The molecule has 0 spiro atoms. The van der Waals surface area contributed by atoms with Gasteiger partial charge in [0.2, 0.25) is 11.2 Å². The van der Waals surface area contributed by atoms with Gasteiger partial charge in [-0.15, -0.1) is 0 Å². The predicted molar refractivity (Wildman–Crippen MR) is 118 cm³/mol. The second-order valence-electron chi connectivity index (χ2n) is 8.56. The summed E-state index contributed by atoms with van der Waals surface area (Å²) >= 11 is 6.30. The van der Waals surface area contributed by atoms with Crippen LogP contribution in [0.2, 0.25) is 5.28 Å². The summed E-state index contributed by atoms with van der Waals surface area (Å²) in [5.74, 6) is 2.13. The van der Waals surface area contributed by atoms with Crippen molar-refractivity contribution < 1.29 is 9.53 Å². The number of nitrogens with zero attached hydrogens (tertiary/aromatic N) is 7. The zero-order valence-corrected chi connectivity index (χ0v) is 18.9. The summed E-state index contributed by atoms with van der Waals surface area (Å²) < 4.78 is 7.65. The van der Waals surface area contributed by atoms with Gasteiger partial charge in [-0.05, 0) is 37.8 Å². The summed E-state index contributed by atoms with van der Waals surface area (Å²) in [7, 11) is 0. The van der Waals surface area contributed by atoms with Gasteiger partial charge in [0.05, 0.1) is 19.8 Å². The van der Waals surface area contributed by atoms with E-state index in [2.05, 4.69) is 36.2 Å². The van der Waals surface area contributed by atoms with Crippen LogP contribution in [0.15, 0.2) is 0 Å². The minimum Gasteiger partial charge on any atom is -0.378 e. The zero-order valence-electron chi connectivity index (χ0n) is 18.1.